The molecular formula is C20H24N2O4. The maximum Gasteiger partial charge on any atom is 0.316 e. The van der Waals surface area contributed by atoms with E-state index in [0.717, 1.165) is 24.2 Å². The highest BCUT2D eigenvalue weighted by molar-refractivity contribution is 5.93. The Bertz CT molecular complexity index is 739. The molecule has 1 aromatic rings. The smallest absolute Gasteiger partial charge is 0.316 e. The molecule has 1 saturated heterocycles. The molecule has 0 aromatic heterocycles. The van der Waals surface area contributed by atoms with Gasteiger partial charge in [-0.05, 0) is 43.9 Å². The highest BCUT2D eigenvalue weighted by Crippen LogP contribution is 2.56. The molecule has 2 atom stereocenters. The number of nitrogens with zero attached hydrogens (tertiary/aromatic N) is 2. The minimum Gasteiger partial charge on any atom is -0.497 e. The lowest BCUT2D eigenvalue weighted by molar-refractivity contribution is -0.162. The number of nitriles is 1. The van der Waals surface area contributed by atoms with E-state index in [1.54, 1.807) is 18.9 Å². The number of benzene rings is 1. The number of fused-ring (bicyclic) bond motifs is 1. The molecule has 0 unspecified atom stereocenters. The van der Waals surface area contributed by atoms with Gasteiger partial charge in [-0.1, -0.05) is 18.6 Å². The van der Waals surface area contributed by atoms with Crippen molar-refractivity contribution in [1.82, 2.24) is 4.90 Å². The summed E-state index contributed by atoms with van der Waals surface area (Å²) in [5, 5.41) is 10.1. The average molecular weight is 356 g/mol. The van der Waals surface area contributed by atoms with E-state index in [2.05, 4.69) is 6.07 Å². The van der Waals surface area contributed by atoms with Gasteiger partial charge in [-0.15, -0.1) is 0 Å². The summed E-state index contributed by atoms with van der Waals surface area (Å²) in [5.41, 5.74) is -1.28. The van der Waals surface area contributed by atoms with Crippen molar-refractivity contribution < 1.29 is 19.1 Å². The molecule has 26 heavy (non-hydrogen) atoms. The SMILES string of the molecule is CCOC(=O)[C@@]12CCCC[C@]1(C#N)N(Cc1ccc(OC)cc1)C(=O)C2. The van der Waals surface area contributed by atoms with Gasteiger partial charge in [0.25, 0.3) is 0 Å². The molecular weight excluding hydrogens is 332 g/mol. The number of rotatable bonds is 5. The van der Waals surface area contributed by atoms with Gasteiger partial charge in [0.05, 0.1) is 19.8 Å². The maximum atomic E-state index is 12.9. The number of esters is 1. The largest absolute Gasteiger partial charge is 0.497 e. The second-order valence-corrected chi connectivity index (χ2v) is 6.99. The lowest BCUT2D eigenvalue weighted by atomic mass is 9.62. The van der Waals surface area contributed by atoms with Gasteiger partial charge in [-0.2, -0.15) is 5.26 Å². The molecule has 2 fully saturated rings. The summed E-state index contributed by atoms with van der Waals surface area (Å²) in [4.78, 5) is 27.3. The van der Waals surface area contributed by atoms with E-state index in [9.17, 15) is 14.9 Å². The van der Waals surface area contributed by atoms with E-state index >= 15 is 0 Å². The molecule has 6 heteroatoms. The van der Waals surface area contributed by atoms with Crippen molar-refractivity contribution in [3.05, 3.63) is 29.8 Å². The topological polar surface area (TPSA) is 79.6 Å². The van der Waals surface area contributed by atoms with Crippen LogP contribution in [0.25, 0.3) is 0 Å². The standard InChI is InChI=1S/C20H24N2O4/c1-3-26-18(24)19-10-4-5-11-20(19,14-21)22(17(23)12-19)13-15-6-8-16(25-2)9-7-15/h6-9H,3-5,10-13H2,1-2H3/t19-,20+/m0/s1. The fourth-order valence-corrected chi connectivity index (χ4v) is 4.42. The van der Waals surface area contributed by atoms with Crippen LogP contribution in [0, 0.1) is 16.7 Å². The Hall–Kier alpha value is -2.55. The number of carbonyl (C=O) groups is 2. The number of ether oxygens (including phenoxy) is 2. The molecule has 138 valence electrons. The van der Waals surface area contributed by atoms with Gasteiger partial charge in [0, 0.05) is 13.0 Å². The molecule has 3 rings (SSSR count). The van der Waals surface area contributed by atoms with Crippen LogP contribution < -0.4 is 4.74 Å². The predicted molar refractivity (Wildman–Crippen MR) is 94.0 cm³/mol. The Balaban J connectivity index is 1.98. The van der Waals surface area contributed by atoms with Crippen LogP contribution in [0.15, 0.2) is 24.3 Å². The Morgan fingerprint density at radius 3 is 2.58 bits per heavy atom. The van der Waals surface area contributed by atoms with Crippen LogP contribution in [0.4, 0.5) is 0 Å². The molecule has 2 aliphatic rings. The summed E-state index contributed by atoms with van der Waals surface area (Å²) in [5.74, 6) is 0.166. The van der Waals surface area contributed by atoms with Crippen LogP contribution in [0.3, 0.4) is 0 Å². The van der Waals surface area contributed by atoms with Crippen molar-refractivity contribution in [2.24, 2.45) is 5.41 Å². The second kappa shape index (κ2) is 6.99. The van der Waals surface area contributed by atoms with Gasteiger partial charge in [-0.25, -0.2) is 0 Å². The Morgan fingerprint density at radius 1 is 1.27 bits per heavy atom. The number of carbonyl (C=O) groups excluding carboxylic acids is 2. The molecule has 1 aliphatic heterocycles. The first kappa shape index (κ1) is 18.2. The highest BCUT2D eigenvalue weighted by Gasteiger charge is 2.68. The second-order valence-electron chi connectivity index (χ2n) is 6.99. The first-order valence-corrected chi connectivity index (χ1v) is 9.05. The van der Waals surface area contributed by atoms with Crippen molar-refractivity contribution in [2.75, 3.05) is 13.7 Å². The molecule has 0 N–H and O–H groups in total. The highest BCUT2D eigenvalue weighted by atomic mass is 16.5. The molecule has 1 aromatic carbocycles. The molecule has 0 spiro atoms. The van der Waals surface area contributed by atoms with Crippen LogP contribution in [-0.2, 0) is 20.9 Å². The predicted octanol–water partition coefficient (Wildman–Crippen LogP) is 2.81. The number of amides is 1. The number of likely N-dealkylation sites (tertiary alicyclic amines) is 1. The minimum absolute atomic E-state index is 0.0511. The van der Waals surface area contributed by atoms with Gasteiger partial charge in [-0.3, -0.25) is 9.59 Å². The van der Waals surface area contributed by atoms with Crippen LogP contribution in [-0.4, -0.2) is 36.0 Å². The third-order valence-electron chi connectivity index (χ3n) is 5.75. The van der Waals surface area contributed by atoms with E-state index in [-0.39, 0.29) is 18.9 Å². The average Bonchev–Trinajstić information content (AvgIpc) is 2.92. The van der Waals surface area contributed by atoms with Crippen LogP contribution in [0.1, 0.15) is 44.6 Å². The summed E-state index contributed by atoms with van der Waals surface area (Å²) in [7, 11) is 1.60. The zero-order chi connectivity index (χ0) is 18.8. The van der Waals surface area contributed by atoms with E-state index in [1.165, 1.54) is 0 Å². The lowest BCUT2D eigenvalue weighted by Crippen LogP contribution is -2.58. The van der Waals surface area contributed by atoms with Crippen LogP contribution in [0.2, 0.25) is 0 Å². The van der Waals surface area contributed by atoms with Crippen molar-refractivity contribution in [1.29, 1.82) is 5.26 Å². The first-order chi connectivity index (χ1) is 12.5. The molecule has 1 amide bonds. The summed E-state index contributed by atoms with van der Waals surface area (Å²) in [6.45, 7) is 2.30. The quantitative estimate of drug-likeness (QED) is 0.758. The normalized spacial score (nSPS) is 27.6. The zero-order valence-electron chi connectivity index (χ0n) is 15.3. The van der Waals surface area contributed by atoms with Gasteiger partial charge in [0.1, 0.15) is 16.7 Å². The van der Waals surface area contributed by atoms with Gasteiger partial charge >= 0.3 is 5.97 Å². The van der Waals surface area contributed by atoms with Crippen molar-refractivity contribution in [3.63, 3.8) is 0 Å². The first-order valence-electron chi connectivity index (χ1n) is 9.05. The van der Waals surface area contributed by atoms with E-state index < -0.39 is 16.9 Å². The molecule has 1 heterocycles. The zero-order valence-corrected chi connectivity index (χ0v) is 15.3. The van der Waals surface area contributed by atoms with E-state index in [1.807, 2.05) is 24.3 Å². The number of hydrogen-bond donors (Lipinski definition) is 0. The Labute approximate surface area is 153 Å². The van der Waals surface area contributed by atoms with Crippen LogP contribution in [0.5, 0.6) is 5.75 Å². The van der Waals surface area contributed by atoms with Crippen molar-refractivity contribution >= 4 is 11.9 Å². The van der Waals surface area contributed by atoms with Crippen LogP contribution >= 0.6 is 0 Å². The van der Waals surface area contributed by atoms with Crippen molar-refractivity contribution in [2.45, 2.75) is 51.1 Å². The van der Waals surface area contributed by atoms with Crippen molar-refractivity contribution in [3.8, 4) is 11.8 Å². The molecule has 1 saturated carbocycles. The van der Waals surface area contributed by atoms with E-state index in [4.69, 9.17) is 9.47 Å². The third kappa shape index (κ3) is 2.63. The molecule has 0 bridgehead atoms. The monoisotopic (exact) mass is 356 g/mol. The van der Waals surface area contributed by atoms with Gasteiger partial charge in [0.2, 0.25) is 5.91 Å². The third-order valence-corrected chi connectivity index (χ3v) is 5.75. The number of hydrogen-bond acceptors (Lipinski definition) is 5. The summed E-state index contributed by atoms with van der Waals surface area (Å²) < 4.78 is 10.5. The molecule has 6 nitrogen and oxygen atoms in total. The summed E-state index contributed by atoms with van der Waals surface area (Å²) in [6.07, 6.45) is 2.72. The van der Waals surface area contributed by atoms with Gasteiger partial charge < -0.3 is 14.4 Å². The maximum absolute atomic E-state index is 12.9. The fraction of sp³-hybridized carbons (Fsp3) is 0.550. The Kier molecular flexibility index (Phi) is 4.90. The number of methoxy groups -OCH3 is 1. The minimum atomic E-state index is -1.13. The summed E-state index contributed by atoms with van der Waals surface area (Å²) >= 11 is 0. The lowest BCUT2D eigenvalue weighted by Gasteiger charge is -2.45. The Morgan fingerprint density at radius 2 is 1.96 bits per heavy atom. The van der Waals surface area contributed by atoms with Gasteiger partial charge in [0.15, 0.2) is 0 Å². The van der Waals surface area contributed by atoms with E-state index in [0.29, 0.717) is 19.4 Å². The fourth-order valence-electron chi connectivity index (χ4n) is 4.42. The summed E-state index contributed by atoms with van der Waals surface area (Å²) in [6, 6.07) is 9.78. The molecule has 0 radical (unpaired) electrons. The molecule has 1 aliphatic carbocycles.